The monoisotopic (exact) mass is 443 g/mol. The Kier molecular flexibility index (Phi) is 5.88. The number of aromatic nitrogens is 1. The SMILES string of the molecule is Cc1ccccc1-c1nc(S(=O)(=O)c2ccc3c(c2)OCCO3)c(NCCN(C)C)o1. The van der Waals surface area contributed by atoms with Crippen LogP contribution in [0.15, 0.2) is 56.8 Å². The van der Waals surface area contributed by atoms with Crippen LogP contribution in [0.5, 0.6) is 11.5 Å². The van der Waals surface area contributed by atoms with E-state index >= 15 is 0 Å². The van der Waals surface area contributed by atoms with Crippen LogP contribution in [0.25, 0.3) is 11.5 Å². The number of sulfone groups is 1. The molecule has 31 heavy (non-hydrogen) atoms. The largest absolute Gasteiger partial charge is 0.486 e. The van der Waals surface area contributed by atoms with Gasteiger partial charge in [0.2, 0.25) is 26.6 Å². The standard InChI is InChI=1S/C22H25N3O5S/c1-15-6-4-5-7-17(15)20-24-22(21(30-20)23-10-11-25(2)3)31(26,27)16-8-9-18-19(14-16)29-13-12-28-18/h4-9,14,23H,10-13H2,1-3H3. The first-order valence-electron chi connectivity index (χ1n) is 9.96. The Hall–Kier alpha value is -3.04. The molecule has 0 saturated heterocycles. The number of hydrogen-bond acceptors (Lipinski definition) is 8. The van der Waals surface area contributed by atoms with Crippen LogP contribution in [-0.4, -0.2) is 58.7 Å². The Morgan fingerprint density at radius 1 is 1.06 bits per heavy atom. The minimum Gasteiger partial charge on any atom is -0.486 e. The predicted molar refractivity (Wildman–Crippen MR) is 117 cm³/mol. The van der Waals surface area contributed by atoms with Crippen LogP contribution in [0.1, 0.15) is 5.56 Å². The summed E-state index contributed by atoms with van der Waals surface area (Å²) < 4.78 is 44.0. The lowest BCUT2D eigenvalue weighted by molar-refractivity contribution is 0.171. The molecule has 8 nitrogen and oxygen atoms in total. The summed E-state index contributed by atoms with van der Waals surface area (Å²) in [6.45, 7) is 3.92. The van der Waals surface area contributed by atoms with Crippen molar-refractivity contribution in [3.05, 3.63) is 48.0 Å². The number of ether oxygens (including phenoxy) is 2. The molecule has 2 heterocycles. The highest BCUT2D eigenvalue weighted by atomic mass is 32.2. The molecule has 1 aromatic heterocycles. The van der Waals surface area contributed by atoms with Crippen LogP contribution >= 0.6 is 0 Å². The minimum absolute atomic E-state index is 0.0667. The van der Waals surface area contributed by atoms with Crippen molar-refractivity contribution >= 4 is 15.7 Å². The van der Waals surface area contributed by atoms with Crippen molar-refractivity contribution in [1.29, 1.82) is 0 Å². The summed E-state index contributed by atoms with van der Waals surface area (Å²) in [6, 6.07) is 12.1. The first kappa shape index (κ1) is 21.2. The summed E-state index contributed by atoms with van der Waals surface area (Å²) in [5.41, 5.74) is 1.67. The number of likely N-dealkylation sites (N-methyl/N-ethyl adjacent to an activating group) is 1. The van der Waals surface area contributed by atoms with E-state index in [0.29, 0.717) is 37.8 Å². The summed E-state index contributed by atoms with van der Waals surface area (Å²) in [4.78, 5) is 6.45. The average molecular weight is 444 g/mol. The third-order valence-corrected chi connectivity index (χ3v) is 6.55. The van der Waals surface area contributed by atoms with Gasteiger partial charge in [0.05, 0.1) is 4.90 Å². The van der Waals surface area contributed by atoms with Gasteiger partial charge in [-0.25, -0.2) is 8.42 Å². The van der Waals surface area contributed by atoms with Crippen molar-refractivity contribution in [1.82, 2.24) is 9.88 Å². The highest BCUT2D eigenvalue weighted by molar-refractivity contribution is 7.91. The lowest BCUT2D eigenvalue weighted by Crippen LogP contribution is -2.21. The van der Waals surface area contributed by atoms with E-state index in [9.17, 15) is 8.42 Å². The third kappa shape index (κ3) is 4.38. The Morgan fingerprint density at radius 2 is 1.81 bits per heavy atom. The van der Waals surface area contributed by atoms with E-state index in [1.807, 2.05) is 50.2 Å². The van der Waals surface area contributed by atoms with E-state index in [2.05, 4.69) is 10.3 Å². The number of nitrogens with one attached hydrogen (secondary N) is 1. The molecule has 3 aromatic rings. The molecule has 2 aromatic carbocycles. The molecule has 4 rings (SSSR count). The van der Waals surface area contributed by atoms with E-state index in [1.165, 1.54) is 12.1 Å². The van der Waals surface area contributed by atoms with Crippen LogP contribution in [0.2, 0.25) is 0 Å². The van der Waals surface area contributed by atoms with Gasteiger partial charge in [0.15, 0.2) is 11.5 Å². The van der Waals surface area contributed by atoms with Crippen molar-refractivity contribution in [2.75, 3.05) is 45.7 Å². The summed E-state index contributed by atoms with van der Waals surface area (Å²) in [5, 5.41) is 2.93. The number of oxazole rings is 1. The lowest BCUT2D eigenvalue weighted by atomic mass is 10.1. The topological polar surface area (TPSA) is 93.9 Å². The summed E-state index contributed by atoms with van der Waals surface area (Å²) in [7, 11) is -0.0940. The highest BCUT2D eigenvalue weighted by Gasteiger charge is 2.30. The maximum Gasteiger partial charge on any atom is 0.233 e. The molecular formula is C22H25N3O5S. The zero-order chi connectivity index (χ0) is 22.0. The maximum absolute atomic E-state index is 13.5. The molecular weight excluding hydrogens is 418 g/mol. The number of hydrogen-bond donors (Lipinski definition) is 1. The van der Waals surface area contributed by atoms with Gasteiger partial charge in [0.1, 0.15) is 13.2 Å². The highest BCUT2D eigenvalue weighted by Crippen LogP contribution is 2.37. The fraction of sp³-hybridized carbons (Fsp3) is 0.318. The number of benzene rings is 2. The Labute approximate surface area is 181 Å². The molecule has 1 aliphatic heterocycles. The van der Waals surface area contributed by atoms with Crippen molar-refractivity contribution in [3.8, 4) is 23.0 Å². The first-order chi connectivity index (χ1) is 14.9. The molecule has 1 N–H and O–H groups in total. The van der Waals surface area contributed by atoms with Gasteiger partial charge in [-0.1, -0.05) is 18.2 Å². The van der Waals surface area contributed by atoms with Gasteiger partial charge < -0.3 is 24.1 Å². The zero-order valence-corrected chi connectivity index (χ0v) is 18.5. The van der Waals surface area contributed by atoms with Crippen molar-refractivity contribution in [2.24, 2.45) is 0 Å². The quantitative estimate of drug-likeness (QED) is 0.595. The number of aryl methyl sites for hydroxylation is 1. The molecule has 9 heteroatoms. The Morgan fingerprint density at radius 3 is 2.55 bits per heavy atom. The van der Waals surface area contributed by atoms with Gasteiger partial charge in [0, 0.05) is 24.7 Å². The molecule has 164 valence electrons. The summed E-state index contributed by atoms with van der Waals surface area (Å²) >= 11 is 0. The fourth-order valence-electron chi connectivity index (χ4n) is 3.22. The van der Waals surface area contributed by atoms with Crippen LogP contribution in [-0.2, 0) is 9.84 Å². The molecule has 0 unspecified atom stereocenters. The van der Waals surface area contributed by atoms with Crippen LogP contribution in [0, 0.1) is 6.92 Å². The molecule has 0 amide bonds. The van der Waals surface area contributed by atoms with Crippen molar-refractivity contribution in [2.45, 2.75) is 16.8 Å². The second-order valence-electron chi connectivity index (χ2n) is 7.51. The molecule has 0 bridgehead atoms. The van der Waals surface area contributed by atoms with Crippen LogP contribution < -0.4 is 14.8 Å². The summed E-state index contributed by atoms with van der Waals surface area (Å²) in [6.07, 6.45) is 0. The first-order valence-corrected chi connectivity index (χ1v) is 11.4. The third-order valence-electron chi connectivity index (χ3n) is 4.89. The molecule has 0 aliphatic carbocycles. The number of nitrogens with zero attached hydrogens (tertiary/aromatic N) is 2. The van der Waals surface area contributed by atoms with Crippen LogP contribution in [0.4, 0.5) is 5.88 Å². The van der Waals surface area contributed by atoms with Gasteiger partial charge in [-0.05, 0) is 44.8 Å². The van der Waals surface area contributed by atoms with E-state index in [-0.39, 0.29) is 21.7 Å². The van der Waals surface area contributed by atoms with Gasteiger partial charge in [-0.3, -0.25) is 0 Å². The smallest absolute Gasteiger partial charge is 0.233 e. The maximum atomic E-state index is 13.5. The van der Waals surface area contributed by atoms with E-state index in [1.54, 1.807) is 6.07 Å². The second kappa shape index (κ2) is 8.60. The van der Waals surface area contributed by atoms with Crippen molar-refractivity contribution < 1.29 is 22.3 Å². The molecule has 1 aliphatic rings. The summed E-state index contributed by atoms with van der Waals surface area (Å²) in [5.74, 6) is 1.30. The predicted octanol–water partition coefficient (Wildman–Crippen LogP) is 3.23. The molecule has 0 radical (unpaired) electrons. The Balaban J connectivity index is 1.77. The fourth-order valence-corrected chi connectivity index (χ4v) is 4.52. The molecule has 0 fully saturated rings. The molecule has 0 spiro atoms. The van der Waals surface area contributed by atoms with Crippen molar-refractivity contribution in [3.63, 3.8) is 0 Å². The Bertz CT molecular complexity index is 1190. The van der Waals surface area contributed by atoms with Gasteiger partial charge in [-0.15, -0.1) is 0 Å². The van der Waals surface area contributed by atoms with Gasteiger partial charge in [0.25, 0.3) is 0 Å². The zero-order valence-electron chi connectivity index (χ0n) is 17.7. The lowest BCUT2D eigenvalue weighted by Gasteiger charge is -2.18. The number of fused-ring (bicyclic) bond motifs is 1. The van der Waals surface area contributed by atoms with Gasteiger partial charge in [-0.2, -0.15) is 4.98 Å². The van der Waals surface area contributed by atoms with Crippen LogP contribution in [0.3, 0.4) is 0 Å². The van der Waals surface area contributed by atoms with E-state index < -0.39 is 9.84 Å². The van der Waals surface area contributed by atoms with E-state index in [4.69, 9.17) is 13.9 Å². The molecule has 0 saturated carbocycles. The molecule has 0 atom stereocenters. The minimum atomic E-state index is -3.97. The number of rotatable bonds is 7. The second-order valence-corrected chi connectivity index (χ2v) is 9.37. The van der Waals surface area contributed by atoms with E-state index in [0.717, 1.165) is 11.1 Å². The number of anilines is 1. The average Bonchev–Trinajstić information content (AvgIpc) is 3.18. The normalized spacial score (nSPS) is 13.4. The van der Waals surface area contributed by atoms with Gasteiger partial charge >= 0.3 is 0 Å².